The number of hydrogen-bond donors (Lipinski definition) is 1. The van der Waals surface area contributed by atoms with Gasteiger partial charge in [0.2, 0.25) is 5.91 Å². The summed E-state index contributed by atoms with van der Waals surface area (Å²) in [5.74, 6) is 0.946. The zero-order chi connectivity index (χ0) is 23.5. The van der Waals surface area contributed by atoms with E-state index in [-0.39, 0.29) is 29.8 Å². The van der Waals surface area contributed by atoms with Crippen molar-refractivity contribution in [2.45, 2.75) is 78.0 Å². The minimum atomic E-state index is -0.594. The van der Waals surface area contributed by atoms with Crippen molar-refractivity contribution >= 4 is 11.8 Å². The van der Waals surface area contributed by atoms with Crippen molar-refractivity contribution in [3.05, 3.63) is 64.7 Å². The first-order valence-electron chi connectivity index (χ1n) is 12.3. The SMILES string of the molecule is Cc1ccc(C2c3cc(OC(C)C(=O)NC(C)C)ccc3CCN2C(=O)C2CCCC2)cc1. The predicted molar refractivity (Wildman–Crippen MR) is 130 cm³/mol. The first-order chi connectivity index (χ1) is 15.8. The minimum Gasteiger partial charge on any atom is -0.481 e. The van der Waals surface area contributed by atoms with Gasteiger partial charge in [-0.25, -0.2) is 0 Å². The third-order valence-electron chi connectivity index (χ3n) is 6.84. The van der Waals surface area contributed by atoms with Crippen LogP contribution in [0, 0.1) is 12.8 Å². The molecule has 2 amide bonds. The summed E-state index contributed by atoms with van der Waals surface area (Å²) in [7, 11) is 0. The van der Waals surface area contributed by atoms with Crippen LogP contribution in [-0.2, 0) is 16.0 Å². The second-order valence-electron chi connectivity index (χ2n) is 9.86. The van der Waals surface area contributed by atoms with Gasteiger partial charge in [0, 0.05) is 18.5 Å². The van der Waals surface area contributed by atoms with Crippen LogP contribution in [-0.4, -0.2) is 35.4 Å². The molecule has 0 aromatic heterocycles. The number of rotatable bonds is 6. The second-order valence-corrected chi connectivity index (χ2v) is 9.86. The molecule has 1 N–H and O–H groups in total. The van der Waals surface area contributed by atoms with Gasteiger partial charge < -0.3 is 15.0 Å². The third kappa shape index (κ3) is 5.23. The molecule has 33 heavy (non-hydrogen) atoms. The van der Waals surface area contributed by atoms with Crippen molar-refractivity contribution in [3.63, 3.8) is 0 Å². The molecule has 2 aliphatic rings. The molecule has 0 bridgehead atoms. The van der Waals surface area contributed by atoms with E-state index in [2.05, 4.69) is 47.5 Å². The number of nitrogens with one attached hydrogen (secondary N) is 1. The van der Waals surface area contributed by atoms with E-state index < -0.39 is 6.10 Å². The van der Waals surface area contributed by atoms with Gasteiger partial charge in [-0.05, 0) is 75.8 Å². The zero-order valence-corrected chi connectivity index (χ0v) is 20.3. The molecule has 0 radical (unpaired) electrons. The number of aryl methyl sites for hydroxylation is 1. The molecule has 1 saturated carbocycles. The van der Waals surface area contributed by atoms with Crippen LogP contribution < -0.4 is 10.1 Å². The lowest BCUT2D eigenvalue weighted by Gasteiger charge is -2.39. The average molecular weight is 449 g/mol. The molecule has 5 heteroatoms. The van der Waals surface area contributed by atoms with Gasteiger partial charge >= 0.3 is 0 Å². The summed E-state index contributed by atoms with van der Waals surface area (Å²) in [6.45, 7) is 8.45. The number of nitrogens with zero attached hydrogens (tertiary/aromatic N) is 1. The monoisotopic (exact) mass is 448 g/mol. The van der Waals surface area contributed by atoms with Crippen LogP contribution in [0.15, 0.2) is 42.5 Å². The maximum atomic E-state index is 13.6. The number of carbonyl (C=O) groups is 2. The Morgan fingerprint density at radius 1 is 1.03 bits per heavy atom. The quantitative estimate of drug-likeness (QED) is 0.680. The van der Waals surface area contributed by atoms with Crippen molar-refractivity contribution in [1.29, 1.82) is 0 Å². The Labute approximate surface area is 197 Å². The Hall–Kier alpha value is -2.82. The summed E-state index contributed by atoms with van der Waals surface area (Å²) in [4.78, 5) is 28.0. The summed E-state index contributed by atoms with van der Waals surface area (Å²) in [5.41, 5.74) is 4.66. The molecule has 0 spiro atoms. The second kappa shape index (κ2) is 9.98. The topological polar surface area (TPSA) is 58.6 Å². The zero-order valence-electron chi connectivity index (χ0n) is 20.3. The van der Waals surface area contributed by atoms with Gasteiger partial charge in [-0.3, -0.25) is 9.59 Å². The molecular weight excluding hydrogens is 412 g/mol. The van der Waals surface area contributed by atoms with Crippen LogP contribution in [0.5, 0.6) is 5.75 Å². The lowest BCUT2D eigenvalue weighted by Crippen LogP contribution is -2.43. The summed E-state index contributed by atoms with van der Waals surface area (Å²) in [5, 5.41) is 2.90. The molecule has 1 heterocycles. The standard InChI is InChI=1S/C28H36N2O3/c1-18(2)29-27(31)20(4)33-24-14-13-21-15-16-30(28(32)23-7-5-6-8-23)26(25(21)17-24)22-11-9-19(3)10-12-22/h9-14,17-18,20,23,26H,5-8,15-16H2,1-4H3,(H,29,31). The van der Waals surface area contributed by atoms with E-state index in [1.165, 1.54) is 11.1 Å². The van der Waals surface area contributed by atoms with Crippen LogP contribution >= 0.6 is 0 Å². The highest BCUT2D eigenvalue weighted by molar-refractivity contribution is 5.81. The number of benzene rings is 2. The van der Waals surface area contributed by atoms with Crippen molar-refractivity contribution in [1.82, 2.24) is 10.2 Å². The Kier molecular flexibility index (Phi) is 7.06. The predicted octanol–water partition coefficient (Wildman–Crippen LogP) is 4.95. The molecule has 2 aromatic rings. The van der Waals surface area contributed by atoms with Crippen molar-refractivity contribution in [2.24, 2.45) is 5.92 Å². The smallest absolute Gasteiger partial charge is 0.260 e. The van der Waals surface area contributed by atoms with Gasteiger partial charge in [-0.1, -0.05) is 48.7 Å². The van der Waals surface area contributed by atoms with Gasteiger partial charge in [0.25, 0.3) is 5.91 Å². The van der Waals surface area contributed by atoms with Crippen molar-refractivity contribution < 1.29 is 14.3 Å². The van der Waals surface area contributed by atoms with E-state index in [4.69, 9.17) is 4.74 Å². The largest absolute Gasteiger partial charge is 0.481 e. The average Bonchev–Trinajstić information content (AvgIpc) is 3.33. The molecule has 5 nitrogen and oxygen atoms in total. The van der Waals surface area contributed by atoms with Gasteiger partial charge in [-0.2, -0.15) is 0 Å². The van der Waals surface area contributed by atoms with E-state index >= 15 is 0 Å². The van der Waals surface area contributed by atoms with Gasteiger partial charge in [-0.15, -0.1) is 0 Å². The Morgan fingerprint density at radius 2 is 1.73 bits per heavy atom. The number of hydrogen-bond acceptors (Lipinski definition) is 3. The van der Waals surface area contributed by atoms with Crippen molar-refractivity contribution in [2.75, 3.05) is 6.54 Å². The Morgan fingerprint density at radius 3 is 2.39 bits per heavy atom. The maximum Gasteiger partial charge on any atom is 0.260 e. The Balaban J connectivity index is 1.67. The van der Waals surface area contributed by atoms with Crippen molar-refractivity contribution in [3.8, 4) is 5.75 Å². The number of amides is 2. The molecule has 2 unspecified atom stereocenters. The fraction of sp³-hybridized carbons (Fsp3) is 0.500. The lowest BCUT2D eigenvalue weighted by atomic mass is 9.86. The highest BCUT2D eigenvalue weighted by Crippen LogP contribution is 2.39. The van der Waals surface area contributed by atoms with E-state index in [1.54, 1.807) is 6.92 Å². The maximum absolute atomic E-state index is 13.6. The summed E-state index contributed by atoms with van der Waals surface area (Å²) in [6.07, 6.45) is 4.51. The molecule has 2 aromatic carbocycles. The molecule has 4 rings (SSSR count). The van der Waals surface area contributed by atoms with Crippen LogP contribution in [0.1, 0.15) is 74.8 Å². The minimum absolute atomic E-state index is 0.0631. The highest BCUT2D eigenvalue weighted by atomic mass is 16.5. The lowest BCUT2D eigenvalue weighted by molar-refractivity contribution is -0.137. The van der Waals surface area contributed by atoms with E-state index in [9.17, 15) is 9.59 Å². The number of ether oxygens (including phenoxy) is 1. The third-order valence-corrected chi connectivity index (χ3v) is 6.84. The fourth-order valence-electron chi connectivity index (χ4n) is 5.08. The normalized spacial score (nSPS) is 19.3. The number of fused-ring (bicyclic) bond motifs is 1. The number of carbonyl (C=O) groups excluding carboxylic acids is 2. The summed E-state index contributed by atoms with van der Waals surface area (Å²) >= 11 is 0. The first-order valence-corrected chi connectivity index (χ1v) is 12.3. The summed E-state index contributed by atoms with van der Waals surface area (Å²) in [6, 6.07) is 14.5. The van der Waals surface area contributed by atoms with Crippen LogP contribution in [0.3, 0.4) is 0 Å². The molecule has 1 aliphatic carbocycles. The molecule has 0 saturated heterocycles. The molecule has 2 atom stereocenters. The fourth-order valence-corrected chi connectivity index (χ4v) is 5.08. The van der Waals surface area contributed by atoms with Gasteiger partial charge in [0.05, 0.1) is 6.04 Å². The highest BCUT2D eigenvalue weighted by Gasteiger charge is 2.36. The first kappa shape index (κ1) is 23.3. The van der Waals surface area contributed by atoms with Crippen LogP contribution in [0.25, 0.3) is 0 Å². The van der Waals surface area contributed by atoms with Crippen LogP contribution in [0.2, 0.25) is 0 Å². The Bertz CT molecular complexity index is 993. The van der Waals surface area contributed by atoms with E-state index in [1.807, 2.05) is 26.0 Å². The molecule has 1 aliphatic heterocycles. The van der Waals surface area contributed by atoms with Gasteiger partial charge in [0.1, 0.15) is 5.75 Å². The van der Waals surface area contributed by atoms with Crippen LogP contribution in [0.4, 0.5) is 0 Å². The van der Waals surface area contributed by atoms with E-state index in [0.29, 0.717) is 5.75 Å². The van der Waals surface area contributed by atoms with E-state index in [0.717, 1.165) is 49.8 Å². The summed E-state index contributed by atoms with van der Waals surface area (Å²) < 4.78 is 6.03. The molecule has 176 valence electrons. The molecular formula is C28H36N2O3. The van der Waals surface area contributed by atoms with Gasteiger partial charge in [0.15, 0.2) is 6.10 Å². The molecule has 1 fully saturated rings.